The van der Waals surface area contributed by atoms with Crippen LogP contribution in [0.5, 0.6) is 11.5 Å². The Balaban J connectivity index is 2.60. The van der Waals surface area contributed by atoms with Gasteiger partial charge >= 0.3 is 0 Å². The smallest absolute Gasteiger partial charge is 0.174 e. The highest BCUT2D eigenvalue weighted by molar-refractivity contribution is 6.03. The molecule has 0 fully saturated rings. The molecular weight excluding hydrogens is 244 g/mol. The summed E-state index contributed by atoms with van der Waals surface area (Å²) in [6, 6.07) is 3.50. The van der Waals surface area contributed by atoms with Crippen LogP contribution in [0.1, 0.15) is 43.1 Å². The van der Waals surface area contributed by atoms with E-state index in [1.165, 1.54) is 14.0 Å². The molecule has 2 rings (SSSR count). The lowest BCUT2D eigenvalue weighted by atomic mass is 9.90. The molecule has 0 unspecified atom stereocenters. The number of ether oxygens (including phenoxy) is 2. The van der Waals surface area contributed by atoms with Crippen LogP contribution in [0, 0.1) is 0 Å². The van der Waals surface area contributed by atoms with E-state index >= 15 is 0 Å². The predicted molar refractivity (Wildman–Crippen MR) is 71.0 cm³/mol. The first-order chi connectivity index (χ1) is 8.84. The van der Waals surface area contributed by atoms with E-state index in [0.717, 1.165) is 5.56 Å². The second kappa shape index (κ2) is 4.68. The van der Waals surface area contributed by atoms with Crippen molar-refractivity contribution in [2.45, 2.75) is 39.2 Å². The highest BCUT2D eigenvalue weighted by atomic mass is 16.5. The van der Waals surface area contributed by atoms with E-state index in [4.69, 9.17) is 9.47 Å². The van der Waals surface area contributed by atoms with Crippen molar-refractivity contribution in [2.24, 2.45) is 0 Å². The topological polar surface area (TPSA) is 52.6 Å². The molecule has 0 bridgehead atoms. The number of methoxy groups -OCH3 is 1. The maximum absolute atomic E-state index is 12.3. The van der Waals surface area contributed by atoms with Crippen molar-refractivity contribution in [2.75, 3.05) is 7.11 Å². The van der Waals surface area contributed by atoms with E-state index in [1.807, 2.05) is 13.8 Å². The summed E-state index contributed by atoms with van der Waals surface area (Å²) >= 11 is 0. The third-order valence-corrected chi connectivity index (χ3v) is 3.10. The Kier molecular flexibility index (Phi) is 3.35. The molecule has 4 heteroatoms. The Morgan fingerprint density at radius 3 is 2.68 bits per heavy atom. The first-order valence-electron chi connectivity index (χ1n) is 6.25. The quantitative estimate of drug-likeness (QED) is 0.840. The van der Waals surface area contributed by atoms with Crippen molar-refractivity contribution in [3.05, 3.63) is 23.3 Å². The Bertz CT molecular complexity index is 543. The van der Waals surface area contributed by atoms with E-state index < -0.39 is 5.60 Å². The van der Waals surface area contributed by atoms with E-state index in [-0.39, 0.29) is 18.0 Å². The van der Waals surface area contributed by atoms with Crippen LogP contribution >= 0.6 is 0 Å². The summed E-state index contributed by atoms with van der Waals surface area (Å²) in [6.45, 7) is 5.25. The zero-order valence-electron chi connectivity index (χ0n) is 11.7. The molecule has 0 N–H and O–H groups in total. The van der Waals surface area contributed by atoms with Gasteiger partial charge in [-0.25, -0.2) is 0 Å². The van der Waals surface area contributed by atoms with Crippen LogP contribution < -0.4 is 9.47 Å². The lowest BCUT2D eigenvalue weighted by Gasteiger charge is -2.33. The normalized spacial score (nSPS) is 16.5. The largest absolute Gasteiger partial charge is 0.496 e. The van der Waals surface area contributed by atoms with Crippen LogP contribution in [0.4, 0.5) is 0 Å². The maximum atomic E-state index is 12.3. The first-order valence-corrected chi connectivity index (χ1v) is 6.25. The predicted octanol–water partition coefficient (Wildman–Crippen LogP) is 2.57. The summed E-state index contributed by atoms with van der Waals surface area (Å²) in [5, 5.41) is 0. The molecule has 1 aromatic rings. The average Bonchev–Trinajstić information content (AvgIpc) is 2.28. The molecule has 1 aromatic carbocycles. The van der Waals surface area contributed by atoms with Gasteiger partial charge in [0, 0.05) is 12.0 Å². The minimum Gasteiger partial charge on any atom is -0.496 e. The van der Waals surface area contributed by atoms with Gasteiger partial charge in [-0.1, -0.05) is 6.07 Å². The van der Waals surface area contributed by atoms with Crippen molar-refractivity contribution in [1.29, 1.82) is 0 Å². The summed E-state index contributed by atoms with van der Waals surface area (Å²) in [5.41, 5.74) is 0.645. The van der Waals surface area contributed by atoms with E-state index in [1.54, 1.807) is 12.1 Å². The molecule has 0 radical (unpaired) electrons. The molecule has 0 saturated carbocycles. The van der Waals surface area contributed by atoms with Crippen molar-refractivity contribution in [1.82, 2.24) is 0 Å². The fourth-order valence-electron chi connectivity index (χ4n) is 2.35. The van der Waals surface area contributed by atoms with Crippen molar-refractivity contribution < 1.29 is 19.1 Å². The number of carbonyl (C=O) groups excluding carboxylic acids is 2. The van der Waals surface area contributed by atoms with Crippen LogP contribution in [0.25, 0.3) is 0 Å². The van der Waals surface area contributed by atoms with Crippen molar-refractivity contribution in [3.63, 3.8) is 0 Å². The lowest BCUT2D eigenvalue weighted by Crippen LogP contribution is -2.36. The number of rotatable bonds is 3. The van der Waals surface area contributed by atoms with Gasteiger partial charge in [-0.05, 0) is 26.8 Å². The Morgan fingerprint density at radius 1 is 1.42 bits per heavy atom. The fourth-order valence-corrected chi connectivity index (χ4v) is 2.35. The minimum atomic E-state index is -0.554. The number of fused-ring (bicyclic) bond motifs is 1. The van der Waals surface area contributed by atoms with Crippen LogP contribution in [0.2, 0.25) is 0 Å². The molecule has 1 aliphatic heterocycles. The van der Waals surface area contributed by atoms with Gasteiger partial charge in [-0.15, -0.1) is 0 Å². The monoisotopic (exact) mass is 262 g/mol. The standard InChI is InChI=1S/C15H18O4/c1-9(16)7-10-5-6-12(18-4)13-11(17)8-15(2,3)19-14(10)13/h5-6H,7-8H2,1-4H3. The minimum absolute atomic E-state index is 0.00602. The molecule has 102 valence electrons. The van der Waals surface area contributed by atoms with E-state index in [9.17, 15) is 9.59 Å². The third kappa shape index (κ3) is 2.62. The second-order valence-electron chi connectivity index (χ2n) is 5.47. The maximum Gasteiger partial charge on any atom is 0.174 e. The summed E-state index contributed by atoms with van der Waals surface area (Å²) in [5.74, 6) is 1.03. The van der Waals surface area contributed by atoms with Gasteiger partial charge in [0.2, 0.25) is 0 Å². The SMILES string of the molecule is COc1ccc(CC(C)=O)c2c1C(=O)CC(C)(C)O2. The van der Waals surface area contributed by atoms with Crippen LogP contribution in [-0.4, -0.2) is 24.3 Å². The molecule has 0 aromatic heterocycles. The van der Waals surface area contributed by atoms with Crippen LogP contribution in [0.3, 0.4) is 0 Å². The highest BCUT2D eigenvalue weighted by Crippen LogP contribution is 2.41. The van der Waals surface area contributed by atoms with Crippen molar-refractivity contribution >= 4 is 11.6 Å². The molecule has 0 aliphatic carbocycles. The summed E-state index contributed by atoms with van der Waals surface area (Å²) < 4.78 is 11.1. The number of hydrogen-bond donors (Lipinski definition) is 0. The molecule has 1 aliphatic rings. The van der Waals surface area contributed by atoms with Gasteiger partial charge in [-0.2, -0.15) is 0 Å². The Labute approximate surface area is 112 Å². The molecule has 0 amide bonds. The van der Waals surface area contributed by atoms with Gasteiger partial charge in [0.25, 0.3) is 0 Å². The molecule has 0 spiro atoms. The molecule has 19 heavy (non-hydrogen) atoms. The van der Waals surface area contributed by atoms with Gasteiger partial charge in [0.05, 0.1) is 13.5 Å². The Hall–Kier alpha value is -1.84. The number of benzene rings is 1. The highest BCUT2D eigenvalue weighted by Gasteiger charge is 2.36. The summed E-state index contributed by atoms with van der Waals surface area (Å²) in [7, 11) is 1.52. The number of Topliss-reactive ketones (excluding diaryl/α,β-unsaturated/α-hetero) is 2. The van der Waals surface area contributed by atoms with Gasteiger partial charge < -0.3 is 9.47 Å². The number of hydrogen-bond acceptors (Lipinski definition) is 4. The first kappa shape index (κ1) is 13.6. The van der Waals surface area contributed by atoms with Crippen LogP contribution in [0.15, 0.2) is 12.1 Å². The molecule has 0 atom stereocenters. The molecular formula is C15H18O4. The zero-order valence-corrected chi connectivity index (χ0v) is 11.7. The average molecular weight is 262 g/mol. The fraction of sp³-hybridized carbons (Fsp3) is 0.467. The van der Waals surface area contributed by atoms with Gasteiger partial charge in [0.1, 0.15) is 28.4 Å². The van der Waals surface area contributed by atoms with E-state index in [2.05, 4.69) is 0 Å². The second-order valence-corrected chi connectivity index (χ2v) is 5.47. The van der Waals surface area contributed by atoms with Gasteiger partial charge in [-0.3, -0.25) is 9.59 Å². The Morgan fingerprint density at radius 2 is 2.11 bits per heavy atom. The summed E-state index contributed by atoms with van der Waals surface area (Å²) in [4.78, 5) is 23.6. The van der Waals surface area contributed by atoms with Crippen molar-refractivity contribution in [3.8, 4) is 11.5 Å². The zero-order chi connectivity index (χ0) is 14.2. The third-order valence-electron chi connectivity index (χ3n) is 3.10. The lowest BCUT2D eigenvalue weighted by molar-refractivity contribution is -0.116. The van der Waals surface area contributed by atoms with Crippen LogP contribution in [-0.2, 0) is 11.2 Å². The molecule has 0 saturated heterocycles. The number of carbonyl (C=O) groups is 2. The van der Waals surface area contributed by atoms with E-state index in [0.29, 0.717) is 23.5 Å². The molecule has 1 heterocycles. The molecule has 4 nitrogen and oxygen atoms in total. The van der Waals surface area contributed by atoms with Gasteiger partial charge in [0.15, 0.2) is 5.78 Å². The number of ketones is 2. The summed E-state index contributed by atoms with van der Waals surface area (Å²) in [6.07, 6.45) is 0.565.